The highest BCUT2D eigenvalue weighted by Crippen LogP contribution is 2.18. The van der Waals surface area contributed by atoms with Gasteiger partial charge in [-0.25, -0.2) is 0 Å². The van der Waals surface area contributed by atoms with Crippen molar-refractivity contribution in [2.24, 2.45) is 5.73 Å². The van der Waals surface area contributed by atoms with Crippen LogP contribution in [0.5, 0.6) is 5.75 Å². The van der Waals surface area contributed by atoms with Crippen LogP contribution < -0.4 is 10.5 Å². The minimum absolute atomic E-state index is 0.135. The van der Waals surface area contributed by atoms with E-state index in [1.54, 1.807) is 0 Å². The first-order valence-electron chi connectivity index (χ1n) is 5.76. The smallest absolute Gasteiger partial charge is 0.119 e. The third kappa shape index (κ3) is 4.21. The maximum Gasteiger partial charge on any atom is 0.119 e. The Labute approximate surface area is 98.2 Å². The first kappa shape index (κ1) is 13.0. The van der Waals surface area contributed by atoms with Crippen molar-refractivity contribution >= 4 is 0 Å². The van der Waals surface area contributed by atoms with Gasteiger partial charge in [0.1, 0.15) is 12.4 Å². The molecule has 0 aromatic heterocycles. The Bertz CT molecular complexity index is 295. The third-order valence-electron chi connectivity index (χ3n) is 2.56. The molecular formula is C13H22N2O. The normalized spacial score (nSPS) is 12.8. The monoisotopic (exact) mass is 222 g/mol. The van der Waals surface area contributed by atoms with Crippen LogP contribution in [0.1, 0.15) is 24.9 Å². The summed E-state index contributed by atoms with van der Waals surface area (Å²) < 4.78 is 5.60. The van der Waals surface area contributed by atoms with Gasteiger partial charge in [-0.3, -0.25) is 0 Å². The minimum atomic E-state index is 0.135. The lowest BCUT2D eigenvalue weighted by Crippen LogP contribution is -2.19. The van der Waals surface area contributed by atoms with Gasteiger partial charge >= 0.3 is 0 Å². The molecule has 0 saturated heterocycles. The first-order valence-corrected chi connectivity index (χ1v) is 5.76. The van der Waals surface area contributed by atoms with Crippen LogP contribution in [0.2, 0.25) is 0 Å². The van der Waals surface area contributed by atoms with Crippen LogP contribution in [0.4, 0.5) is 0 Å². The van der Waals surface area contributed by atoms with Gasteiger partial charge in [0.2, 0.25) is 0 Å². The SMILES string of the molecule is CC[C@@H](N)c1ccc(OCCN(C)C)cc1. The third-order valence-corrected chi connectivity index (χ3v) is 2.56. The highest BCUT2D eigenvalue weighted by Gasteiger charge is 2.02. The Morgan fingerprint density at radius 1 is 1.25 bits per heavy atom. The lowest BCUT2D eigenvalue weighted by molar-refractivity contribution is 0.261. The lowest BCUT2D eigenvalue weighted by Gasteiger charge is -2.12. The molecule has 2 N–H and O–H groups in total. The van der Waals surface area contributed by atoms with Gasteiger partial charge in [-0.05, 0) is 38.2 Å². The van der Waals surface area contributed by atoms with Crippen molar-refractivity contribution in [3.8, 4) is 5.75 Å². The quantitative estimate of drug-likeness (QED) is 0.800. The average molecular weight is 222 g/mol. The Hall–Kier alpha value is -1.06. The van der Waals surface area contributed by atoms with Crippen LogP contribution in [0.25, 0.3) is 0 Å². The van der Waals surface area contributed by atoms with E-state index in [2.05, 4.69) is 11.8 Å². The summed E-state index contributed by atoms with van der Waals surface area (Å²) in [7, 11) is 4.07. The molecule has 0 amide bonds. The molecule has 1 aromatic rings. The Morgan fingerprint density at radius 3 is 2.38 bits per heavy atom. The summed E-state index contributed by atoms with van der Waals surface area (Å²) in [5, 5.41) is 0. The standard InChI is InChI=1S/C13H22N2O/c1-4-13(14)11-5-7-12(8-6-11)16-10-9-15(2)3/h5-8,13H,4,9-10,14H2,1-3H3/t13-/m1/s1. The molecule has 0 unspecified atom stereocenters. The van der Waals surface area contributed by atoms with E-state index in [0.29, 0.717) is 6.61 Å². The highest BCUT2D eigenvalue weighted by atomic mass is 16.5. The van der Waals surface area contributed by atoms with E-state index in [0.717, 1.165) is 18.7 Å². The Morgan fingerprint density at radius 2 is 1.88 bits per heavy atom. The largest absolute Gasteiger partial charge is 0.492 e. The van der Waals surface area contributed by atoms with Crippen LogP contribution in [0.3, 0.4) is 0 Å². The number of likely N-dealkylation sites (N-methyl/N-ethyl adjacent to an activating group) is 1. The summed E-state index contributed by atoms with van der Waals surface area (Å²) >= 11 is 0. The van der Waals surface area contributed by atoms with Gasteiger partial charge < -0.3 is 15.4 Å². The summed E-state index contributed by atoms with van der Waals surface area (Å²) in [6.45, 7) is 3.73. The fourth-order valence-corrected chi connectivity index (χ4v) is 1.39. The molecule has 0 aliphatic rings. The molecule has 0 spiro atoms. The summed E-state index contributed by atoms with van der Waals surface area (Å²) in [6.07, 6.45) is 0.959. The van der Waals surface area contributed by atoms with Crippen molar-refractivity contribution in [2.45, 2.75) is 19.4 Å². The fraction of sp³-hybridized carbons (Fsp3) is 0.538. The van der Waals surface area contributed by atoms with Crippen molar-refractivity contribution in [1.82, 2.24) is 4.90 Å². The summed E-state index contributed by atoms with van der Waals surface area (Å²) in [6, 6.07) is 8.19. The molecule has 3 heteroatoms. The van der Waals surface area contributed by atoms with Gasteiger partial charge in [0, 0.05) is 12.6 Å². The molecule has 0 radical (unpaired) electrons. The second-order valence-corrected chi connectivity index (χ2v) is 4.24. The van der Waals surface area contributed by atoms with Crippen LogP contribution >= 0.6 is 0 Å². The molecule has 1 aromatic carbocycles. The maximum absolute atomic E-state index is 5.94. The average Bonchev–Trinajstić information content (AvgIpc) is 2.28. The first-order chi connectivity index (χ1) is 7.63. The fourth-order valence-electron chi connectivity index (χ4n) is 1.39. The Balaban J connectivity index is 2.45. The molecule has 1 atom stereocenters. The lowest BCUT2D eigenvalue weighted by atomic mass is 10.1. The summed E-state index contributed by atoms with van der Waals surface area (Å²) in [5.74, 6) is 0.911. The van der Waals surface area contributed by atoms with Crippen LogP contribution in [-0.2, 0) is 0 Å². The molecule has 3 nitrogen and oxygen atoms in total. The van der Waals surface area contributed by atoms with E-state index in [4.69, 9.17) is 10.5 Å². The molecular weight excluding hydrogens is 200 g/mol. The minimum Gasteiger partial charge on any atom is -0.492 e. The molecule has 16 heavy (non-hydrogen) atoms. The molecule has 0 saturated carbocycles. The zero-order valence-corrected chi connectivity index (χ0v) is 10.4. The number of hydrogen-bond acceptors (Lipinski definition) is 3. The number of rotatable bonds is 6. The molecule has 1 rings (SSSR count). The second kappa shape index (κ2) is 6.51. The van der Waals surface area contributed by atoms with Gasteiger partial charge in [0.05, 0.1) is 0 Å². The predicted octanol–water partition coefficient (Wildman–Crippen LogP) is 2.04. The van der Waals surface area contributed by atoms with Gasteiger partial charge in [0.15, 0.2) is 0 Å². The topological polar surface area (TPSA) is 38.5 Å². The molecule has 0 bridgehead atoms. The van der Waals surface area contributed by atoms with E-state index in [1.165, 1.54) is 5.56 Å². The number of nitrogens with zero attached hydrogens (tertiary/aromatic N) is 1. The van der Waals surface area contributed by atoms with E-state index in [1.807, 2.05) is 38.4 Å². The van der Waals surface area contributed by atoms with Gasteiger partial charge in [0.25, 0.3) is 0 Å². The van der Waals surface area contributed by atoms with Crippen LogP contribution in [0, 0.1) is 0 Å². The van der Waals surface area contributed by atoms with Gasteiger partial charge in [-0.1, -0.05) is 19.1 Å². The highest BCUT2D eigenvalue weighted by molar-refractivity contribution is 5.28. The van der Waals surface area contributed by atoms with Crippen molar-refractivity contribution in [1.29, 1.82) is 0 Å². The number of hydrogen-bond donors (Lipinski definition) is 1. The van der Waals surface area contributed by atoms with Crippen molar-refractivity contribution in [2.75, 3.05) is 27.2 Å². The molecule has 0 aliphatic heterocycles. The predicted molar refractivity (Wildman–Crippen MR) is 67.7 cm³/mol. The molecule has 0 fully saturated rings. The van der Waals surface area contributed by atoms with Crippen LogP contribution in [-0.4, -0.2) is 32.1 Å². The van der Waals surface area contributed by atoms with E-state index < -0.39 is 0 Å². The molecule has 90 valence electrons. The van der Waals surface area contributed by atoms with Gasteiger partial charge in [-0.2, -0.15) is 0 Å². The van der Waals surface area contributed by atoms with Crippen molar-refractivity contribution in [3.63, 3.8) is 0 Å². The summed E-state index contributed by atoms with van der Waals surface area (Å²) in [5.41, 5.74) is 7.11. The zero-order valence-electron chi connectivity index (χ0n) is 10.4. The van der Waals surface area contributed by atoms with E-state index in [9.17, 15) is 0 Å². The summed E-state index contributed by atoms with van der Waals surface area (Å²) in [4.78, 5) is 2.10. The Kier molecular flexibility index (Phi) is 5.29. The van der Waals surface area contributed by atoms with E-state index in [-0.39, 0.29) is 6.04 Å². The maximum atomic E-state index is 5.94. The number of ether oxygens (including phenoxy) is 1. The zero-order chi connectivity index (χ0) is 12.0. The van der Waals surface area contributed by atoms with Crippen molar-refractivity contribution < 1.29 is 4.74 Å². The second-order valence-electron chi connectivity index (χ2n) is 4.24. The van der Waals surface area contributed by atoms with Crippen molar-refractivity contribution in [3.05, 3.63) is 29.8 Å². The van der Waals surface area contributed by atoms with E-state index >= 15 is 0 Å². The molecule has 0 aliphatic carbocycles. The number of benzene rings is 1. The van der Waals surface area contributed by atoms with Crippen LogP contribution in [0.15, 0.2) is 24.3 Å². The molecule has 0 heterocycles. The number of nitrogens with two attached hydrogens (primary N) is 1. The van der Waals surface area contributed by atoms with Gasteiger partial charge in [-0.15, -0.1) is 0 Å².